The molecule has 0 bridgehead atoms. The molecule has 7 heteroatoms. The summed E-state index contributed by atoms with van der Waals surface area (Å²) in [6, 6.07) is 0. The van der Waals surface area contributed by atoms with Crippen LogP contribution in [0.15, 0.2) is 0 Å². The molecule has 4 N–H and O–H groups in total. The zero-order valence-electron chi connectivity index (χ0n) is 3.38. The Morgan fingerprint density at radius 3 is 1.14 bits per heavy atom. The van der Waals surface area contributed by atoms with E-state index in [4.69, 9.17) is 15.3 Å². The maximum absolute atomic E-state index is 8.25. The molecule has 0 amide bonds. The molecule has 0 aromatic rings. The molecule has 0 atom stereocenters. The third-order valence-corrected chi connectivity index (χ3v) is 0. The van der Waals surface area contributed by atoms with Crippen LogP contribution < -0.4 is 0 Å². The molecule has 0 unspecified atom stereocenters. The van der Waals surface area contributed by atoms with Gasteiger partial charge in [0.05, 0.1) is 5.09 Å². The Labute approximate surface area is 55.0 Å². The smallest absolute Gasteiger partial charge is 0.412 e. The van der Waals surface area contributed by atoms with E-state index in [1.165, 1.54) is 0 Å². The summed E-state index contributed by atoms with van der Waals surface area (Å²) in [6.45, 7) is 0. The van der Waals surface area contributed by atoms with Gasteiger partial charge in [-0.3, -0.25) is 0 Å². The Balaban J connectivity index is -0.0000000150. The van der Waals surface area contributed by atoms with Gasteiger partial charge in [-0.15, -0.1) is 0 Å². The molecule has 0 aliphatic rings. The van der Waals surface area contributed by atoms with Gasteiger partial charge in [0.1, 0.15) is 0 Å². The average molecular weight is 122 g/mol. The average Bonchev–Trinajstić information content (AvgIpc) is 0.811. The Morgan fingerprint density at radius 1 is 1.14 bits per heavy atom. The Kier molecular flexibility index (Phi) is 69.0. The van der Waals surface area contributed by atoms with Crippen molar-refractivity contribution in [3.8, 4) is 0 Å². The molecule has 0 radical (unpaired) electrons. The number of hydrogen-bond acceptors (Lipinski definition) is 3. The predicted octanol–water partition coefficient (Wildman–Crippen LogP) is -2.27. The molecule has 0 aliphatic carbocycles. The van der Waals surface area contributed by atoms with Crippen LogP contribution in [0.2, 0.25) is 0 Å². The van der Waals surface area contributed by atoms with Crippen LogP contribution in [0.4, 0.5) is 0 Å². The summed E-state index contributed by atoms with van der Waals surface area (Å²) in [5, 5.41) is 14.8. The van der Waals surface area contributed by atoms with Gasteiger partial charge in [-0.1, -0.05) is 0 Å². The monoisotopic (exact) mass is 122 g/mol. The standard InChI is InChI=1S/Mg.NO3.2H2O/c;2-1(3)4;;/h;;2*1H2/q+2;-1;;. The molecule has 0 aromatic heterocycles. The molecule has 0 rings (SSSR count). The Morgan fingerprint density at radius 2 is 1.14 bits per heavy atom. The minimum absolute atomic E-state index is 0. The molecule has 0 fully saturated rings. The summed E-state index contributed by atoms with van der Waals surface area (Å²) in [5.41, 5.74) is 0. The minimum atomic E-state index is -1.75. The maximum atomic E-state index is 8.25. The topological polar surface area (TPSA) is 129 Å². The first-order valence-corrected chi connectivity index (χ1v) is 0.548. The van der Waals surface area contributed by atoms with E-state index >= 15 is 0 Å². The van der Waals surface area contributed by atoms with Gasteiger partial charge < -0.3 is 26.3 Å². The molecule has 0 saturated heterocycles. The van der Waals surface area contributed by atoms with E-state index < -0.39 is 5.09 Å². The van der Waals surface area contributed by atoms with Crippen molar-refractivity contribution < 1.29 is 16.0 Å². The van der Waals surface area contributed by atoms with Crippen molar-refractivity contribution in [2.75, 3.05) is 0 Å². The number of hydrogen-bond donors (Lipinski definition) is 0. The van der Waals surface area contributed by atoms with Crippen molar-refractivity contribution in [3.63, 3.8) is 0 Å². The molecule has 0 aliphatic heterocycles. The van der Waals surface area contributed by atoms with Gasteiger partial charge in [0, 0.05) is 0 Å². The van der Waals surface area contributed by atoms with Crippen molar-refractivity contribution in [3.05, 3.63) is 15.3 Å². The first-order valence-electron chi connectivity index (χ1n) is 0.548. The fraction of sp³-hybridized carbons (Fsp3) is 0. The largest absolute Gasteiger partial charge is 2.00 e. The summed E-state index contributed by atoms with van der Waals surface area (Å²) < 4.78 is 0. The van der Waals surface area contributed by atoms with Crippen LogP contribution in [-0.4, -0.2) is 39.1 Å². The number of rotatable bonds is 0. The fourth-order valence-electron chi connectivity index (χ4n) is 0. The molecule has 0 saturated carbocycles. The van der Waals surface area contributed by atoms with Gasteiger partial charge in [0.15, 0.2) is 0 Å². The van der Waals surface area contributed by atoms with Crippen LogP contribution >= 0.6 is 0 Å². The first kappa shape index (κ1) is 28.6. The van der Waals surface area contributed by atoms with Crippen LogP contribution in [0, 0.1) is 15.3 Å². The van der Waals surface area contributed by atoms with Crippen LogP contribution in [-0.2, 0) is 0 Å². The van der Waals surface area contributed by atoms with Gasteiger partial charge in [-0.25, -0.2) is 0 Å². The summed E-state index contributed by atoms with van der Waals surface area (Å²) in [6.07, 6.45) is 0. The third kappa shape index (κ3) is 6870. The van der Waals surface area contributed by atoms with E-state index in [9.17, 15) is 0 Å². The third-order valence-electron chi connectivity index (χ3n) is 0. The second-order valence-electron chi connectivity index (χ2n) is 0.224. The Bertz CT molecular complexity index is 31.1. The van der Waals surface area contributed by atoms with Crippen LogP contribution in [0.3, 0.4) is 0 Å². The molecular weight excluding hydrogens is 118 g/mol. The van der Waals surface area contributed by atoms with E-state index in [-0.39, 0.29) is 34.0 Å². The predicted molar refractivity (Wildman–Crippen MR) is 23.3 cm³/mol. The summed E-state index contributed by atoms with van der Waals surface area (Å²) in [5.74, 6) is 0. The van der Waals surface area contributed by atoms with Crippen molar-refractivity contribution in [1.82, 2.24) is 0 Å². The van der Waals surface area contributed by atoms with E-state index in [1.54, 1.807) is 0 Å². The molecule has 0 heterocycles. The van der Waals surface area contributed by atoms with Crippen molar-refractivity contribution in [2.24, 2.45) is 0 Å². The quantitative estimate of drug-likeness (QED) is 0.204. The van der Waals surface area contributed by atoms with Crippen molar-refractivity contribution in [1.29, 1.82) is 0 Å². The van der Waals surface area contributed by atoms with Crippen LogP contribution in [0.5, 0.6) is 0 Å². The van der Waals surface area contributed by atoms with Crippen LogP contribution in [0.1, 0.15) is 0 Å². The number of nitrogens with zero attached hydrogens (tertiary/aromatic N) is 1. The van der Waals surface area contributed by atoms with E-state index in [1.807, 2.05) is 0 Å². The normalized spacial score (nSPS) is 3.43. The Hall–Kier alpha value is -0.114. The van der Waals surface area contributed by atoms with Gasteiger partial charge in [-0.05, 0) is 0 Å². The van der Waals surface area contributed by atoms with E-state index in [0.717, 1.165) is 0 Å². The molecule has 6 nitrogen and oxygen atoms in total. The summed E-state index contributed by atoms with van der Waals surface area (Å²) >= 11 is 0. The first-order chi connectivity index (χ1) is 1.73. The van der Waals surface area contributed by atoms with Crippen LogP contribution in [0.25, 0.3) is 0 Å². The van der Waals surface area contributed by atoms with E-state index in [2.05, 4.69) is 0 Å². The summed E-state index contributed by atoms with van der Waals surface area (Å²) in [7, 11) is 0. The minimum Gasteiger partial charge on any atom is -0.412 e. The molecule has 7 heavy (non-hydrogen) atoms. The van der Waals surface area contributed by atoms with E-state index in [0.29, 0.717) is 0 Å². The second-order valence-corrected chi connectivity index (χ2v) is 0.224. The zero-order chi connectivity index (χ0) is 3.58. The molecular formula is H4MgNO5+. The summed E-state index contributed by atoms with van der Waals surface area (Å²) in [4.78, 5) is 8.25. The molecule has 40 valence electrons. The van der Waals surface area contributed by atoms with Gasteiger partial charge in [0.2, 0.25) is 0 Å². The van der Waals surface area contributed by atoms with Gasteiger partial charge in [0.25, 0.3) is 0 Å². The molecule has 0 spiro atoms. The maximum Gasteiger partial charge on any atom is 2.00 e. The van der Waals surface area contributed by atoms with Crippen molar-refractivity contribution in [2.45, 2.75) is 0 Å². The van der Waals surface area contributed by atoms with Crippen molar-refractivity contribution >= 4 is 23.1 Å². The molecule has 0 aromatic carbocycles. The zero-order valence-corrected chi connectivity index (χ0v) is 4.79. The second kappa shape index (κ2) is 16.9. The fourth-order valence-corrected chi connectivity index (χ4v) is 0. The van der Waals surface area contributed by atoms with Gasteiger partial charge >= 0.3 is 23.1 Å². The SMILES string of the molecule is O.O.O=[N+]([O-])[O-].[Mg+2]. The van der Waals surface area contributed by atoms with Gasteiger partial charge in [-0.2, -0.15) is 0 Å².